The van der Waals surface area contributed by atoms with Crippen LogP contribution >= 0.6 is 34.2 Å². The molecular formula is C13H13ClIN. The molecule has 0 saturated heterocycles. The van der Waals surface area contributed by atoms with E-state index >= 15 is 0 Å². The van der Waals surface area contributed by atoms with E-state index in [1.54, 1.807) is 0 Å². The first-order valence-corrected chi connectivity index (χ1v) is 7.08. The van der Waals surface area contributed by atoms with E-state index in [1.807, 2.05) is 12.1 Å². The predicted molar refractivity (Wildman–Crippen MR) is 76.9 cm³/mol. The van der Waals surface area contributed by atoms with Gasteiger partial charge in [-0.25, -0.2) is 0 Å². The standard InChI is InChI=1S/C13H13ClIN/c14-9-4-5-12(11(15)7-9)16-13-6-8-2-1-3-10(8)13/h1,3-5,7-8,10,13,16H,2,6H2. The Balaban J connectivity index is 1.73. The quantitative estimate of drug-likeness (QED) is 0.622. The molecule has 1 aromatic rings. The molecule has 3 unspecified atom stereocenters. The highest BCUT2D eigenvalue weighted by Gasteiger charge is 2.40. The van der Waals surface area contributed by atoms with Crippen LogP contribution in [0.25, 0.3) is 0 Å². The Kier molecular flexibility index (Phi) is 2.88. The van der Waals surface area contributed by atoms with E-state index in [9.17, 15) is 0 Å². The molecule has 0 radical (unpaired) electrons. The Morgan fingerprint density at radius 2 is 2.25 bits per heavy atom. The number of hydrogen-bond donors (Lipinski definition) is 1. The number of fused-ring (bicyclic) bond motifs is 1. The second-order valence-corrected chi connectivity index (χ2v) is 6.21. The average molecular weight is 346 g/mol. The lowest BCUT2D eigenvalue weighted by molar-refractivity contribution is 0.218. The van der Waals surface area contributed by atoms with Gasteiger partial charge < -0.3 is 5.32 Å². The molecule has 3 atom stereocenters. The van der Waals surface area contributed by atoms with Crippen molar-refractivity contribution in [2.45, 2.75) is 18.9 Å². The minimum Gasteiger partial charge on any atom is -0.381 e. The summed E-state index contributed by atoms with van der Waals surface area (Å²) in [5, 5.41) is 4.44. The van der Waals surface area contributed by atoms with Gasteiger partial charge in [0.2, 0.25) is 0 Å². The third-order valence-electron chi connectivity index (χ3n) is 3.63. The Morgan fingerprint density at radius 3 is 3.00 bits per heavy atom. The first-order valence-electron chi connectivity index (χ1n) is 5.62. The van der Waals surface area contributed by atoms with Gasteiger partial charge in [0.15, 0.2) is 0 Å². The molecule has 2 aliphatic rings. The van der Waals surface area contributed by atoms with Crippen LogP contribution in [0.5, 0.6) is 0 Å². The average Bonchev–Trinajstić information content (AvgIpc) is 2.59. The lowest BCUT2D eigenvalue weighted by Crippen LogP contribution is -2.43. The zero-order valence-electron chi connectivity index (χ0n) is 8.79. The highest BCUT2D eigenvalue weighted by atomic mass is 127. The number of allylic oxidation sites excluding steroid dienone is 1. The molecule has 0 amide bonds. The van der Waals surface area contributed by atoms with Crippen LogP contribution in [-0.4, -0.2) is 6.04 Å². The fourth-order valence-electron chi connectivity index (χ4n) is 2.69. The smallest absolute Gasteiger partial charge is 0.0479 e. The van der Waals surface area contributed by atoms with Crippen LogP contribution in [-0.2, 0) is 0 Å². The molecule has 1 saturated carbocycles. The summed E-state index contributed by atoms with van der Waals surface area (Å²) in [5.74, 6) is 1.66. The van der Waals surface area contributed by atoms with Gasteiger partial charge in [0, 0.05) is 26.2 Å². The van der Waals surface area contributed by atoms with Crippen LogP contribution in [0.1, 0.15) is 12.8 Å². The number of halogens is 2. The van der Waals surface area contributed by atoms with Crippen molar-refractivity contribution in [2.75, 3.05) is 5.32 Å². The van der Waals surface area contributed by atoms with E-state index in [0.717, 1.165) is 16.9 Å². The molecule has 1 nitrogen and oxygen atoms in total. The maximum Gasteiger partial charge on any atom is 0.0479 e. The maximum absolute atomic E-state index is 5.95. The summed E-state index contributed by atoms with van der Waals surface area (Å²) >= 11 is 8.28. The number of benzene rings is 1. The van der Waals surface area contributed by atoms with Crippen molar-refractivity contribution in [3.63, 3.8) is 0 Å². The fraction of sp³-hybridized carbons (Fsp3) is 0.385. The Hall–Kier alpha value is -0.220. The minimum atomic E-state index is 0.624. The minimum absolute atomic E-state index is 0.624. The first-order chi connectivity index (χ1) is 7.74. The third kappa shape index (κ3) is 1.86. The van der Waals surface area contributed by atoms with Crippen molar-refractivity contribution in [3.8, 4) is 0 Å². The van der Waals surface area contributed by atoms with E-state index in [2.05, 4.69) is 46.1 Å². The third-order valence-corrected chi connectivity index (χ3v) is 4.76. The summed E-state index contributed by atoms with van der Waals surface area (Å²) in [7, 11) is 0. The van der Waals surface area contributed by atoms with E-state index in [1.165, 1.54) is 22.1 Å². The highest BCUT2D eigenvalue weighted by Crippen LogP contribution is 2.44. The van der Waals surface area contributed by atoms with Crippen LogP contribution in [0.4, 0.5) is 5.69 Å². The summed E-state index contributed by atoms with van der Waals surface area (Å²) in [6, 6.07) is 6.66. The zero-order chi connectivity index (χ0) is 11.1. The SMILES string of the molecule is Clc1ccc(NC2CC3CC=CC32)c(I)c1. The molecule has 84 valence electrons. The number of rotatable bonds is 2. The van der Waals surface area contributed by atoms with Crippen LogP contribution in [0.15, 0.2) is 30.4 Å². The molecule has 3 heteroatoms. The summed E-state index contributed by atoms with van der Waals surface area (Å²) < 4.78 is 1.20. The summed E-state index contributed by atoms with van der Waals surface area (Å²) in [6.45, 7) is 0. The monoisotopic (exact) mass is 345 g/mol. The molecule has 16 heavy (non-hydrogen) atoms. The van der Waals surface area contributed by atoms with Crippen molar-refractivity contribution in [1.82, 2.24) is 0 Å². The molecule has 0 aliphatic heterocycles. The summed E-state index contributed by atoms with van der Waals surface area (Å²) in [4.78, 5) is 0. The first kappa shape index (κ1) is 10.9. The van der Waals surface area contributed by atoms with Crippen LogP contribution in [0.3, 0.4) is 0 Å². The second-order valence-electron chi connectivity index (χ2n) is 4.61. The van der Waals surface area contributed by atoms with E-state index in [0.29, 0.717) is 6.04 Å². The number of nitrogens with one attached hydrogen (secondary N) is 1. The highest BCUT2D eigenvalue weighted by molar-refractivity contribution is 14.1. The fourth-order valence-corrected chi connectivity index (χ4v) is 3.72. The van der Waals surface area contributed by atoms with Gasteiger partial charge in [-0.3, -0.25) is 0 Å². The summed E-state index contributed by atoms with van der Waals surface area (Å²) in [5.41, 5.74) is 1.22. The lowest BCUT2D eigenvalue weighted by Gasteiger charge is -2.41. The normalized spacial score (nSPS) is 31.0. The van der Waals surface area contributed by atoms with Gasteiger partial charge in [0.05, 0.1) is 0 Å². The lowest BCUT2D eigenvalue weighted by atomic mass is 9.71. The van der Waals surface area contributed by atoms with Gasteiger partial charge in [-0.05, 0) is 59.5 Å². The van der Waals surface area contributed by atoms with Crippen LogP contribution in [0.2, 0.25) is 5.02 Å². The van der Waals surface area contributed by atoms with Crippen LogP contribution in [0, 0.1) is 15.4 Å². The number of hydrogen-bond acceptors (Lipinski definition) is 1. The molecule has 1 fully saturated rings. The molecule has 0 heterocycles. The van der Waals surface area contributed by atoms with Gasteiger partial charge in [-0.15, -0.1) is 0 Å². The van der Waals surface area contributed by atoms with Crippen molar-refractivity contribution in [1.29, 1.82) is 0 Å². The molecule has 0 spiro atoms. The van der Waals surface area contributed by atoms with Gasteiger partial charge in [-0.2, -0.15) is 0 Å². The van der Waals surface area contributed by atoms with Gasteiger partial charge in [0.1, 0.15) is 0 Å². The van der Waals surface area contributed by atoms with E-state index in [4.69, 9.17) is 11.6 Å². The number of anilines is 1. The van der Waals surface area contributed by atoms with E-state index < -0.39 is 0 Å². The van der Waals surface area contributed by atoms with Gasteiger partial charge >= 0.3 is 0 Å². The van der Waals surface area contributed by atoms with Crippen molar-refractivity contribution in [2.24, 2.45) is 11.8 Å². The Morgan fingerprint density at radius 1 is 1.38 bits per heavy atom. The van der Waals surface area contributed by atoms with Crippen molar-refractivity contribution >= 4 is 39.9 Å². The van der Waals surface area contributed by atoms with Crippen molar-refractivity contribution < 1.29 is 0 Å². The molecule has 3 rings (SSSR count). The van der Waals surface area contributed by atoms with Crippen LogP contribution < -0.4 is 5.32 Å². The van der Waals surface area contributed by atoms with Gasteiger partial charge in [-0.1, -0.05) is 23.8 Å². The molecule has 1 N–H and O–H groups in total. The molecule has 0 aromatic heterocycles. The van der Waals surface area contributed by atoms with Crippen molar-refractivity contribution in [3.05, 3.63) is 38.9 Å². The maximum atomic E-state index is 5.95. The molecule has 2 aliphatic carbocycles. The second kappa shape index (κ2) is 4.22. The molecule has 1 aromatic carbocycles. The Bertz CT molecular complexity index is 444. The van der Waals surface area contributed by atoms with Gasteiger partial charge in [0.25, 0.3) is 0 Å². The summed E-state index contributed by atoms with van der Waals surface area (Å²) in [6.07, 6.45) is 7.27. The predicted octanol–water partition coefficient (Wildman–Crippen LogP) is 4.32. The largest absolute Gasteiger partial charge is 0.381 e. The van der Waals surface area contributed by atoms with E-state index in [-0.39, 0.29) is 0 Å². The molecular weight excluding hydrogens is 333 g/mol. The topological polar surface area (TPSA) is 12.0 Å². The molecule has 0 bridgehead atoms. The Labute approximate surface area is 114 Å². The zero-order valence-corrected chi connectivity index (χ0v) is 11.7.